The zero-order valence-electron chi connectivity index (χ0n) is 12.1. The number of hydrogen-bond acceptors (Lipinski definition) is 1. The molecule has 112 valence electrons. The van der Waals surface area contributed by atoms with Gasteiger partial charge in [-0.2, -0.15) is 0 Å². The van der Waals surface area contributed by atoms with Crippen molar-refractivity contribution in [2.75, 3.05) is 6.54 Å². The van der Waals surface area contributed by atoms with Crippen LogP contribution in [0, 0.1) is 18.6 Å². The second-order valence-corrected chi connectivity index (χ2v) is 5.48. The van der Waals surface area contributed by atoms with E-state index < -0.39 is 11.6 Å². The van der Waals surface area contributed by atoms with Gasteiger partial charge < -0.3 is 5.32 Å². The van der Waals surface area contributed by atoms with E-state index in [4.69, 9.17) is 11.6 Å². The first-order valence-electron chi connectivity index (χ1n) is 6.97. The van der Waals surface area contributed by atoms with Gasteiger partial charge in [0.25, 0.3) is 0 Å². The van der Waals surface area contributed by atoms with E-state index in [2.05, 4.69) is 12.2 Å². The molecule has 0 saturated carbocycles. The molecule has 2 aromatic carbocycles. The van der Waals surface area contributed by atoms with Crippen molar-refractivity contribution in [2.45, 2.75) is 26.3 Å². The smallest absolute Gasteiger partial charge is 0.159 e. The molecule has 0 spiro atoms. The largest absolute Gasteiger partial charge is 0.306 e. The minimum absolute atomic E-state index is 0.210. The molecule has 0 bridgehead atoms. The summed E-state index contributed by atoms with van der Waals surface area (Å²) in [5.74, 6) is -1.68. The Labute approximate surface area is 128 Å². The van der Waals surface area contributed by atoms with Crippen molar-refractivity contribution < 1.29 is 8.78 Å². The summed E-state index contributed by atoms with van der Waals surface area (Å²) in [7, 11) is 0. The number of rotatable bonds is 5. The average molecular weight is 310 g/mol. The monoisotopic (exact) mass is 309 g/mol. The molecular formula is C17H18ClF2N. The van der Waals surface area contributed by atoms with Crippen LogP contribution in [0.15, 0.2) is 36.4 Å². The quantitative estimate of drug-likeness (QED) is 0.818. The van der Waals surface area contributed by atoms with Crippen LogP contribution in [-0.2, 0) is 0 Å². The molecule has 2 rings (SSSR count). The number of aryl methyl sites for hydroxylation is 1. The summed E-state index contributed by atoms with van der Waals surface area (Å²) < 4.78 is 26.6. The zero-order valence-corrected chi connectivity index (χ0v) is 12.8. The van der Waals surface area contributed by atoms with Crippen LogP contribution in [0.1, 0.15) is 36.1 Å². The van der Waals surface area contributed by atoms with E-state index in [1.165, 1.54) is 6.07 Å². The molecule has 0 aliphatic heterocycles. The maximum atomic E-state index is 13.5. The highest BCUT2D eigenvalue weighted by molar-refractivity contribution is 6.31. The lowest BCUT2D eigenvalue weighted by Gasteiger charge is -2.20. The van der Waals surface area contributed by atoms with Gasteiger partial charge in [0.1, 0.15) is 0 Å². The molecule has 2 aromatic rings. The first kappa shape index (κ1) is 15.9. The number of benzene rings is 2. The van der Waals surface area contributed by atoms with Crippen LogP contribution in [0.25, 0.3) is 0 Å². The van der Waals surface area contributed by atoms with Gasteiger partial charge in [0.15, 0.2) is 11.6 Å². The fourth-order valence-electron chi connectivity index (χ4n) is 2.20. The fourth-order valence-corrected chi connectivity index (χ4v) is 2.39. The van der Waals surface area contributed by atoms with Crippen LogP contribution in [0.2, 0.25) is 5.02 Å². The summed E-state index contributed by atoms with van der Waals surface area (Å²) in [6.07, 6.45) is 0.944. The molecule has 0 aromatic heterocycles. The minimum Gasteiger partial charge on any atom is -0.306 e. The molecule has 0 aliphatic rings. The van der Waals surface area contributed by atoms with Gasteiger partial charge in [-0.15, -0.1) is 0 Å². The van der Waals surface area contributed by atoms with Crippen LogP contribution in [0.4, 0.5) is 8.78 Å². The zero-order chi connectivity index (χ0) is 15.4. The van der Waals surface area contributed by atoms with E-state index in [1.807, 2.05) is 25.1 Å². The van der Waals surface area contributed by atoms with E-state index >= 15 is 0 Å². The van der Waals surface area contributed by atoms with Crippen LogP contribution in [-0.4, -0.2) is 6.54 Å². The third kappa shape index (κ3) is 3.80. The van der Waals surface area contributed by atoms with E-state index in [1.54, 1.807) is 6.07 Å². The van der Waals surface area contributed by atoms with Crippen molar-refractivity contribution in [3.8, 4) is 0 Å². The topological polar surface area (TPSA) is 12.0 Å². The standard InChI is InChI=1S/C17H18ClF2N/c1-3-8-21-17(12-5-4-11(2)14(18)9-12)13-6-7-15(19)16(20)10-13/h4-7,9-10,17,21H,3,8H2,1-2H3. The summed E-state index contributed by atoms with van der Waals surface area (Å²) in [6, 6.07) is 9.52. The summed E-state index contributed by atoms with van der Waals surface area (Å²) >= 11 is 6.17. The van der Waals surface area contributed by atoms with Gasteiger partial charge in [0.2, 0.25) is 0 Å². The molecule has 0 radical (unpaired) electrons. The number of hydrogen-bond donors (Lipinski definition) is 1. The normalized spacial score (nSPS) is 12.4. The highest BCUT2D eigenvalue weighted by Crippen LogP contribution is 2.27. The van der Waals surface area contributed by atoms with Crippen LogP contribution in [0.5, 0.6) is 0 Å². The number of nitrogens with one attached hydrogen (secondary N) is 1. The summed E-state index contributed by atoms with van der Waals surface area (Å²) in [6.45, 7) is 4.75. The Morgan fingerprint density at radius 3 is 2.33 bits per heavy atom. The molecule has 0 heterocycles. The van der Waals surface area contributed by atoms with Gasteiger partial charge in [-0.05, 0) is 54.8 Å². The lowest BCUT2D eigenvalue weighted by molar-refractivity contribution is 0.503. The highest BCUT2D eigenvalue weighted by atomic mass is 35.5. The number of halogens is 3. The van der Waals surface area contributed by atoms with Crippen molar-refractivity contribution in [1.29, 1.82) is 0 Å². The molecule has 1 nitrogen and oxygen atoms in total. The van der Waals surface area contributed by atoms with Crippen molar-refractivity contribution in [3.63, 3.8) is 0 Å². The van der Waals surface area contributed by atoms with Crippen LogP contribution in [0.3, 0.4) is 0 Å². The second kappa shape index (κ2) is 7.01. The van der Waals surface area contributed by atoms with E-state index in [9.17, 15) is 8.78 Å². The first-order chi connectivity index (χ1) is 10.0. The van der Waals surface area contributed by atoms with Crippen LogP contribution >= 0.6 is 11.6 Å². The lowest BCUT2D eigenvalue weighted by atomic mass is 9.97. The highest BCUT2D eigenvalue weighted by Gasteiger charge is 2.16. The Hall–Kier alpha value is -1.45. The molecule has 0 aliphatic carbocycles. The Morgan fingerprint density at radius 1 is 1.05 bits per heavy atom. The summed E-state index contributed by atoms with van der Waals surface area (Å²) in [4.78, 5) is 0. The van der Waals surface area contributed by atoms with Crippen molar-refractivity contribution in [1.82, 2.24) is 5.32 Å². The van der Waals surface area contributed by atoms with Gasteiger partial charge in [-0.1, -0.05) is 36.7 Å². The van der Waals surface area contributed by atoms with Gasteiger partial charge in [-0.25, -0.2) is 8.78 Å². The molecule has 1 N–H and O–H groups in total. The molecule has 4 heteroatoms. The third-order valence-electron chi connectivity index (χ3n) is 3.40. The second-order valence-electron chi connectivity index (χ2n) is 5.07. The SMILES string of the molecule is CCCNC(c1ccc(F)c(F)c1)c1ccc(C)c(Cl)c1. The van der Waals surface area contributed by atoms with Crippen molar-refractivity contribution >= 4 is 11.6 Å². The fraction of sp³-hybridized carbons (Fsp3) is 0.294. The van der Waals surface area contributed by atoms with Gasteiger partial charge in [0, 0.05) is 5.02 Å². The first-order valence-corrected chi connectivity index (χ1v) is 7.35. The third-order valence-corrected chi connectivity index (χ3v) is 3.81. The average Bonchev–Trinajstić information content (AvgIpc) is 2.46. The Bertz CT molecular complexity index is 577. The lowest BCUT2D eigenvalue weighted by Crippen LogP contribution is -2.23. The maximum absolute atomic E-state index is 13.5. The van der Waals surface area contributed by atoms with Gasteiger partial charge in [0.05, 0.1) is 6.04 Å². The molecule has 1 unspecified atom stereocenters. The minimum atomic E-state index is -0.839. The van der Waals surface area contributed by atoms with E-state index in [0.717, 1.165) is 30.2 Å². The van der Waals surface area contributed by atoms with Crippen molar-refractivity contribution in [2.24, 2.45) is 0 Å². The molecule has 21 heavy (non-hydrogen) atoms. The summed E-state index contributed by atoms with van der Waals surface area (Å²) in [5.41, 5.74) is 2.60. The summed E-state index contributed by atoms with van der Waals surface area (Å²) in [5, 5.41) is 4.01. The Morgan fingerprint density at radius 2 is 1.71 bits per heavy atom. The molecule has 0 amide bonds. The van der Waals surface area contributed by atoms with Crippen molar-refractivity contribution in [3.05, 3.63) is 69.7 Å². The van der Waals surface area contributed by atoms with Gasteiger partial charge >= 0.3 is 0 Å². The molecule has 0 fully saturated rings. The van der Waals surface area contributed by atoms with Crippen LogP contribution < -0.4 is 5.32 Å². The van der Waals surface area contributed by atoms with Gasteiger partial charge in [-0.3, -0.25) is 0 Å². The molecular weight excluding hydrogens is 292 g/mol. The molecule has 1 atom stereocenters. The Balaban J connectivity index is 2.41. The predicted molar refractivity (Wildman–Crippen MR) is 82.7 cm³/mol. The van der Waals surface area contributed by atoms with E-state index in [-0.39, 0.29) is 6.04 Å². The van der Waals surface area contributed by atoms with E-state index in [0.29, 0.717) is 10.6 Å². The maximum Gasteiger partial charge on any atom is 0.159 e. The Kier molecular flexibility index (Phi) is 5.32. The predicted octanol–water partition coefficient (Wildman–Crippen LogP) is 5.02. The molecule has 0 saturated heterocycles.